The van der Waals surface area contributed by atoms with Gasteiger partial charge in [0.15, 0.2) is 0 Å². The Morgan fingerprint density at radius 2 is 1.84 bits per heavy atom. The Morgan fingerprint density at radius 3 is 2.45 bits per heavy atom. The fourth-order valence-electron chi connectivity index (χ4n) is 3.22. The number of hydrogen-bond donors (Lipinski definition) is 2. The number of nitrogens with zero attached hydrogens (tertiary/aromatic N) is 1. The Labute approximate surface area is 176 Å². The quantitative estimate of drug-likeness (QED) is 0.684. The molecule has 164 valence electrons. The van der Waals surface area contributed by atoms with Crippen LogP contribution < -0.4 is 15.4 Å². The number of imide groups is 1. The lowest BCUT2D eigenvalue weighted by atomic mass is 9.92. The first-order valence-corrected chi connectivity index (χ1v) is 9.26. The van der Waals surface area contributed by atoms with Gasteiger partial charge in [0.2, 0.25) is 5.91 Å². The summed E-state index contributed by atoms with van der Waals surface area (Å²) < 4.78 is 43.5. The van der Waals surface area contributed by atoms with Crippen LogP contribution in [-0.2, 0) is 27.8 Å². The van der Waals surface area contributed by atoms with Gasteiger partial charge < -0.3 is 15.4 Å². The van der Waals surface area contributed by atoms with E-state index in [2.05, 4.69) is 10.6 Å². The molecule has 1 aliphatic rings. The Bertz CT molecular complexity index is 1010. The van der Waals surface area contributed by atoms with E-state index in [0.717, 1.165) is 17.0 Å². The minimum Gasteiger partial charge on any atom is -0.497 e. The van der Waals surface area contributed by atoms with Crippen molar-refractivity contribution >= 4 is 17.8 Å². The molecule has 1 saturated heterocycles. The number of nitrogens with one attached hydrogen (secondary N) is 2. The van der Waals surface area contributed by atoms with Crippen LogP contribution in [0.25, 0.3) is 0 Å². The molecule has 2 N–H and O–H groups in total. The summed E-state index contributed by atoms with van der Waals surface area (Å²) in [5.41, 5.74) is -1.43. The lowest BCUT2D eigenvalue weighted by Crippen LogP contribution is -2.43. The first-order valence-electron chi connectivity index (χ1n) is 9.26. The van der Waals surface area contributed by atoms with Gasteiger partial charge in [0.05, 0.1) is 12.7 Å². The summed E-state index contributed by atoms with van der Waals surface area (Å²) >= 11 is 0. The van der Waals surface area contributed by atoms with Crippen LogP contribution >= 0.6 is 0 Å². The minimum atomic E-state index is -4.49. The van der Waals surface area contributed by atoms with Gasteiger partial charge in [-0.2, -0.15) is 13.2 Å². The maximum Gasteiger partial charge on any atom is 0.416 e. The molecule has 1 fully saturated rings. The smallest absolute Gasteiger partial charge is 0.416 e. The van der Waals surface area contributed by atoms with Gasteiger partial charge in [-0.1, -0.05) is 24.3 Å². The highest BCUT2D eigenvalue weighted by atomic mass is 19.4. The van der Waals surface area contributed by atoms with Crippen molar-refractivity contribution in [3.8, 4) is 5.75 Å². The number of rotatable bonds is 6. The Hall–Kier alpha value is -3.56. The van der Waals surface area contributed by atoms with Crippen LogP contribution in [0.15, 0.2) is 48.5 Å². The number of benzene rings is 2. The summed E-state index contributed by atoms with van der Waals surface area (Å²) in [4.78, 5) is 38.2. The van der Waals surface area contributed by atoms with Gasteiger partial charge in [-0.15, -0.1) is 0 Å². The van der Waals surface area contributed by atoms with Gasteiger partial charge in [0.1, 0.15) is 17.8 Å². The molecule has 31 heavy (non-hydrogen) atoms. The highest BCUT2D eigenvalue weighted by Gasteiger charge is 2.49. The zero-order valence-corrected chi connectivity index (χ0v) is 16.7. The molecule has 0 bridgehead atoms. The van der Waals surface area contributed by atoms with Gasteiger partial charge in [-0.3, -0.25) is 14.5 Å². The molecule has 2 aromatic rings. The normalized spacial score (nSPS) is 18.7. The number of halogens is 3. The third-order valence-electron chi connectivity index (χ3n) is 4.99. The van der Waals surface area contributed by atoms with Crippen LogP contribution in [0, 0.1) is 0 Å². The van der Waals surface area contributed by atoms with Crippen molar-refractivity contribution in [3.63, 3.8) is 0 Å². The number of amides is 4. The second-order valence-corrected chi connectivity index (χ2v) is 7.15. The summed E-state index contributed by atoms with van der Waals surface area (Å²) in [7, 11) is 1.50. The lowest BCUT2D eigenvalue weighted by molar-refractivity contribution is -0.137. The minimum absolute atomic E-state index is 0.178. The summed E-state index contributed by atoms with van der Waals surface area (Å²) in [5.74, 6) is -0.716. The first kappa shape index (κ1) is 22.1. The van der Waals surface area contributed by atoms with E-state index in [1.54, 1.807) is 24.3 Å². The van der Waals surface area contributed by atoms with Crippen molar-refractivity contribution in [3.05, 3.63) is 65.2 Å². The third kappa shape index (κ3) is 4.62. The molecule has 0 saturated carbocycles. The van der Waals surface area contributed by atoms with Gasteiger partial charge in [0, 0.05) is 6.54 Å². The molecule has 3 rings (SSSR count). The van der Waals surface area contributed by atoms with E-state index in [1.165, 1.54) is 26.2 Å². The number of alkyl halides is 3. The number of urea groups is 1. The molecule has 7 nitrogen and oxygen atoms in total. The molecule has 2 aromatic carbocycles. The van der Waals surface area contributed by atoms with E-state index >= 15 is 0 Å². The van der Waals surface area contributed by atoms with E-state index in [1.807, 2.05) is 0 Å². The Kier molecular flexibility index (Phi) is 5.92. The SMILES string of the molecule is COc1ccc(C2(C)NC(=O)N(CC(=O)NCc3cccc(C(F)(F)F)c3)C2=O)cc1. The van der Waals surface area contributed by atoms with Gasteiger partial charge >= 0.3 is 12.2 Å². The van der Waals surface area contributed by atoms with Crippen molar-refractivity contribution < 1.29 is 32.3 Å². The van der Waals surface area contributed by atoms with Crippen molar-refractivity contribution in [2.75, 3.05) is 13.7 Å². The van der Waals surface area contributed by atoms with Crippen LogP contribution in [0.5, 0.6) is 5.75 Å². The Morgan fingerprint density at radius 1 is 1.16 bits per heavy atom. The number of methoxy groups -OCH3 is 1. The molecule has 1 heterocycles. The molecule has 0 radical (unpaired) electrons. The summed E-state index contributed by atoms with van der Waals surface area (Å²) in [6.45, 7) is 0.785. The van der Waals surface area contributed by atoms with E-state index in [-0.39, 0.29) is 12.1 Å². The van der Waals surface area contributed by atoms with E-state index in [9.17, 15) is 27.6 Å². The van der Waals surface area contributed by atoms with Gasteiger partial charge in [-0.25, -0.2) is 4.79 Å². The zero-order chi connectivity index (χ0) is 22.8. The zero-order valence-electron chi connectivity index (χ0n) is 16.7. The van der Waals surface area contributed by atoms with Crippen molar-refractivity contribution in [1.29, 1.82) is 0 Å². The second-order valence-electron chi connectivity index (χ2n) is 7.15. The van der Waals surface area contributed by atoms with Crippen LogP contribution in [-0.4, -0.2) is 36.4 Å². The predicted octanol–water partition coefficient (Wildman–Crippen LogP) is 2.80. The molecule has 1 unspecified atom stereocenters. The molecular formula is C21H20F3N3O4. The number of hydrogen-bond acceptors (Lipinski definition) is 4. The summed E-state index contributed by atoms with van der Waals surface area (Å²) in [6, 6.07) is 10.3. The second kappa shape index (κ2) is 8.29. The maximum atomic E-state index is 12.9. The Balaban J connectivity index is 1.65. The average molecular weight is 435 g/mol. The van der Waals surface area contributed by atoms with Crippen molar-refractivity contribution in [1.82, 2.24) is 15.5 Å². The number of ether oxygens (including phenoxy) is 1. The molecule has 4 amide bonds. The van der Waals surface area contributed by atoms with Crippen molar-refractivity contribution in [2.45, 2.75) is 25.2 Å². The lowest BCUT2D eigenvalue weighted by Gasteiger charge is -2.22. The third-order valence-corrected chi connectivity index (χ3v) is 4.99. The van der Waals surface area contributed by atoms with Crippen LogP contribution in [0.1, 0.15) is 23.6 Å². The summed E-state index contributed by atoms with van der Waals surface area (Å²) in [6.07, 6.45) is -4.49. The van der Waals surface area contributed by atoms with Crippen LogP contribution in [0.2, 0.25) is 0 Å². The van der Waals surface area contributed by atoms with Crippen molar-refractivity contribution in [2.24, 2.45) is 0 Å². The summed E-state index contributed by atoms with van der Waals surface area (Å²) in [5, 5.41) is 5.01. The van der Waals surface area contributed by atoms with Crippen LogP contribution in [0.4, 0.5) is 18.0 Å². The largest absolute Gasteiger partial charge is 0.497 e. The standard InChI is InChI=1S/C21H20F3N3O4/c1-20(14-6-8-16(31-2)9-7-14)18(29)27(19(30)26-20)12-17(28)25-11-13-4-3-5-15(10-13)21(22,23)24/h3-10H,11-12H2,1-2H3,(H,25,28)(H,26,30). The number of carbonyl (C=O) groups is 3. The van der Waals surface area contributed by atoms with Gasteiger partial charge in [-0.05, 0) is 42.3 Å². The molecule has 10 heteroatoms. The molecular weight excluding hydrogens is 415 g/mol. The predicted molar refractivity (Wildman–Crippen MR) is 104 cm³/mol. The topological polar surface area (TPSA) is 87.7 Å². The molecule has 0 aromatic heterocycles. The van der Waals surface area contributed by atoms with E-state index < -0.39 is 41.7 Å². The number of carbonyl (C=O) groups excluding carboxylic acids is 3. The first-order chi connectivity index (χ1) is 14.5. The molecule has 1 atom stereocenters. The van der Waals surface area contributed by atoms with Gasteiger partial charge in [0.25, 0.3) is 5.91 Å². The average Bonchev–Trinajstić information content (AvgIpc) is 2.96. The molecule has 0 spiro atoms. The maximum absolute atomic E-state index is 12.9. The van der Waals surface area contributed by atoms with E-state index in [4.69, 9.17) is 4.74 Å². The monoisotopic (exact) mass is 435 g/mol. The fraction of sp³-hybridized carbons (Fsp3) is 0.286. The molecule has 1 aliphatic heterocycles. The highest BCUT2D eigenvalue weighted by molar-refractivity contribution is 6.09. The fourth-order valence-corrected chi connectivity index (χ4v) is 3.22. The molecule has 0 aliphatic carbocycles. The van der Waals surface area contributed by atoms with Crippen LogP contribution in [0.3, 0.4) is 0 Å². The van der Waals surface area contributed by atoms with E-state index in [0.29, 0.717) is 11.3 Å². The highest BCUT2D eigenvalue weighted by Crippen LogP contribution is 2.30.